The van der Waals surface area contributed by atoms with E-state index in [4.69, 9.17) is 0 Å². The molecule has 116 valence electrons. The Hall–Kier alpha value is -1.42. The van der Waals surface area contributed by atoms with Crippen LogP contribution in [0.15, 0.2) is 24.3 Å². The Kier molecular flexibility index (Phi) is 4.99. The molecule has 0 spiro atoms. The molecule has 21 heavy (non-hydrogen) atoms. The van der Waals surface area contributed by atoms with Crippen LogP contribution in [-0.2, 0) is 0 Å². The van der Waals surface area contributed by atoms with Crippen LogP contribution in [0.25, 0.3) is 0 Å². The van der Waals surface area contributed by atoms with Crippen molar-refractivity contribution < 1.29 is 4.92 Å². The van der Waals surface area contributed by atoms with Crippen LogP contribution in [0.2, 0.25) is 0 Å². The molecule has 0 heterocycles. The van der Waals surface area contributed by atoms with E-state index >= 15 is 0 Å². The van der Waals surface area contributed by atoms with Crippen LogP contribution in [0.5, 0.6) is 0 Å². The summed E-state index contributed by atoms with van der Waals surface area (Å²) in [6.45, 7) is 6.80. The Morgan fingerprint density at radius 3 is 2.62 bits per heavy atom. The lowest BCUT2D eigenvalue weighted by molar-refractivity contribution is -0.384. The van der Waals surface area contributed by atoms with Crippen LogP contribution >= 0.6 is 0 Å². The molecule has 0 bridgehead atoms. The number of hydrogen-bond acceptors (Lipinski definition) is 3. The van der Waals surface area contributed by atoms with Crippen LogP contribution in [0.3, 0.4) is 0 Å². The quantitative estimate of drug-likeness (QED) is 0.636. The molecule has 1 aliphatic carbocycles. The predicted octanol–water partition coefficient (Wildman–Crippen LogP) is 4.60. The summed E-state index contributed by atoms with van der Waals surface area (Å²) in [6.07, 6.45) is 5.82. The van der Waals surface area contributed by atoms with Gasteiger partial charge in [0.05, 0.1) is 4.92 Å². The fourth-order valence-electron chi connectivity index (χ4n) is 3.16. The first-order valence-corrected chi connectivity index (χ1v) is 7.92. The van der Waals surface area contributed by atoms with E-state index < -0.39 is 0 Å². The molecule has 4 heteroatoms. The van der Waals surface area contributed by atoms with E-state index in [2.05, 4.69) is 26.1 Å². The van der Waals surface area contributed by atoms with Gasteiger partial charge >= 0.3 is 0 Å². The molecule has 0 saturated heterocycles. The smallest absolute Gasteiger partial charge is 0.269 e. The maximum Gasteiger partial charge on any atom is 0.269 e. The van der Waals surface area contributed by atoms with Crippen molar-refractivity contribution in [2.45, 2.75) is 65.0 Å². The van der Waals surface area contributed by atoms with Gasteiger partial charge in [-0.25, -0.2) is 0 Å². The summed E-state index contributed by atoms with van der Waals surface area (Å²) in [5.41, 5.74) is 1.67. The van der Waals surface area contributed by atoms with E-state index in [9.17, 15) is 10.1 Å². The minimum absolute atomic E-state index is 0.178. The molecule has 4 nitrogen and oxygen atoms in total. The number of nitro benzene ring substituents is 1. The predicted molar refractivity (Wildman–Crippen MR) is 85.3 cm³/mol. The van der Waals surface area contributed by atoms with Crippen molar-refractivity contribution in [1.29, 1.82) is 0 Å². The van der Waals surface area contributed by atoms with Gasteiger partial charge in [0.2, 0.25) is 0 Å². The summed E-state index contributed by atoms with van der Waals surface area (Å²) in [4.78, 5) is 10.6. The Labute approximate surface area is 127 Å². The third kappa shape index (κ3) is 4.27. The van der Waals surface area contributed by atoms with Crippen molar-refractivity contribution in [3.8, 4) is 0 Å². The number of benzene rings is 1. The molecule has 2 rings (SSSR count). The summed E-state index contributed by atoms with van der Waals surface area (Å²) < 4.78 is 0. The first kappa shape index (κ1) is 16.0. The van der Waals surface area contributed by atoms with Crippen LogP contribution in [-0.4, -0.2) is 11.0 Å². The summed E-state index contributed by atoms with van der Waals surface area (Å²) >= 11 is 0. The van der Waals surface area contributed by atoms with E-state index in [0.717, 1.165) is 12.0 Å². The van der Waals surface area contributed by atoms with Crippen LogP contribution in [0.4, 0.5) is 5.69 Å². The van der Waals surface area contributed by atoms with Gasteiger partial charge in [-0.3, -0.25) is 10.1 Å². The Morgan fingerprint density at radius 2 is 2.05 bits per heavy atom. The molecule has 1 saturated carbocycles. The van der Waals surface area contributed by atoms with Crippen molar-refractivity contribution in [2.75, 3.05) is 0 Å². The Morgan fingerprint density at radius 1 is 1.38 bits per heavy atom. The number of nitrogens with one attached hydrogen (secondary N) is 1. The normalized spacial score (nSPS) is 20.1. The summed E-state index contributed by atoms with van der Waals surface area (Å²) in [5.74, 6) is 0. The maximum atomic E-state index is 10.9. The summed E-state index contributed by atoms with van der Waals surface area (Å²) in [7, 11) is 0. The number of hydrogen-bond donors (Lipinski definition) is 1. The van der Waals surface area contributed by atoms with E-state index in [-0.39, 0.29) is 16.7 Å². The van der Waals surface area contributed by atoms with Gasteiger partial charge in [0.1, 0.15) is 0 Å². The third-order valence-corrected chi connectivity index (χ3v) is 4.67. The highest BCUT2D eigenvalue weighted by Crippen LogP contribution is 2.36. The van der Waals surface area contributed by atoms with E-state index in [1.54, 1.807) is 18.2 Å². The molecular weight excluding hydrogens is 264 g/mol. The molecule has 1 aromatic carbocycles. The molecule has 1 fully saturated rings. The molecule has 0 aromatic heterocycles. The fraction of sp³-hybridized carbons (Fsp3) is 0.647. The fourth-order valence-corrected chi connectivity index (χ4v) is 3.16. The lowest BCUT2D eigenvalue weighted by Crippen LogP contribution is -2.37. The lowest BCUT2D eigenvalue weighted by Gasteiger charge is -2.36. The SMILES string of the molecule is CCC(NC1CCC(C)(C)CC1)c1cccc([N+](=O)[O-])c1. The zero-order chi connectivity index (χ0) is 15.5. The van der Waals surface area contributed by atoms with Crippen molar-refractivity contribution in [2.24, 2.45) is 5.41 Å². The topological polar surface area (TPSA) is 55.2 Å². The molecule has 1 aliphatic rings. The zero-order valence-corrected chi connectivity index (χ0v) is 13.3. The van der Waals surface area contributed by atoms with Crippen molar-refractivity contribution in [3.05, 3.63) is 39.9 Å². The van der Waals surface area contributed by atoms with Gasteiger partial charge in [0.25, 0.3) is 5.69 Å². The second-order valence-corrected chi connectivity index (χ2v) is 6.92. The van der Waals surface area contributed by atoms with Crippen molar-refractivity contribution in [1.82, 2.24) is 5.32 Å². The number of non-ortho nitro benzene ring substituents is 1. The number of nitrogens with zero attached hydrogens (tertiary/aromatic N) is 1. The van der Waals surface area contributed by atoms with Gasteiger partial charge in [-0.05, 0) is 43.1 Å². The highest BCUT2D eigenvalue weighted by molar-refractivity contribution is 5.35. The number of nitro groups is 1. The highest BCUT2D eigenvalue weighted by Gasteiger charge is 2.28. The maximum absolute atomic E-state index is 10.9. The van der Waals surface area contributed by atoms with Gasteiger partial charge in [0.15, 0.2) is 0 Å². The minimum Gasteiger partial charge on any atom is -0.307 e. The standard InChI is InChI=1S/C17H26N2O2/c1-4-16(13-6-5-7-15(12-13)19(20)21)18-14-8-10-17(2,3)11-9-14/h5-7,12,14,16,18H,4,8-11H2,1-3H3. The molecule has 1 unspecified atom stereocenters. The van der Waals surface area contributed by atoms with Gasteiger partial charge in [0, 0.05) is 24.2 Å². The Balaban J connectivity index is 2.03. The van der Waals surface area contributed by atoms with Crippen LogP contribution < -0.4 is 5.32 Å². The third-order valence-electron chi connectivity index (χ3n) is 4.67. The molecule has 0 radical (unpaired) electrons. The Bertz CT molecular complexity index is 489. The average Bonchev–Trinajstić information content (AvgIpc) is 2.46. The van der Waals surface area contributed by atoms with Crippen molar-refractivity contribution >= 4 is 5.69 Å². The molecule has 0 aliphatic heterocycles. The second kappa shape index (κ2) is 6.56. The van der Waals surface area contributed by atoms with Gasteiger partial charge < -0.3 is 5.32 Å². The van der Waals surface area contributed by atoms with E-state index in [1.807, 2.05) is 6.07 Å². The monoisotopic (exact) mass is 290 g/mol. The molecule has 0 amide bonds. The molecule has 1 N–H and O–H groups in total. The highest BCUT2D eigenvalue weighted by atomic mass is 16.6. The average molecular weight is 290 g/mol. The zero-order valence-electron chi connectivity index (χ0n) is 13.3. The van der Waals surface area contributed by atoms with Gasteiger partial charge in [-0.2, -0.15) is 0 Å². The van der Waals surface area contributed by atoms with E-state index in [1.165, 1.54) is 25.7 Å². The first-order valence-electron chi connectivity index (χ1n) is 7.92. The second-order valence-electron chi connectivity index (χ2n) is 6.92. The number of rotatable bonds is 5. The van der Waals surface area contributed by atoms with Crippen molar-refractivity contribution in [3.63, 3.8) is 0 Å². The molecule has 1 atom stereocenters. The lowest BCUT2D eigenvalue weighted by atomic mass is 9.75. The largest absolute Gasteiger partial charge is 0.307 e. The van der Waals surface area contributed by atoms with Gasteiger partial charge in [-0.15, -0.1) is 0 Å². The van der Waals surface area contributed by atoms with E-state index in [0.29, 0.717) is 11.5 Å². The molecule has 1 aromatic rings. The summed E-state index contributed by atoms with van der Waals surface area (Å²) in [6, 6.07) is 7.76. The van der Waals surface area contributed by atoms with Crippen LogP contribution in [0, 0.1) is 15.5 Å². The molecular formula is C17H26N2O2. The van der Waals surface area contributed by atoms with Gasteiger partial charge in [-0.1, -0.05) is 32.9 Å². The van der Waals surface area contributed by atoms with Crippen LogP contribution in [0.1, 0.15) is 64.5 Å². The minimum atomic E-state index is -0.320. The summed E-state index contributed by atoms with van der Waals surface area (Å²) in [5, 5.41) is 14.6. The first-order chi connectivity index (χ1) is 9.91.